The number of nitrogens with zero attached hydrogens (tertiary/aromatic N) is 1. The molecule has 3 rings (SSSR count). The van der Waals surface area contributed by atoms with Crippen LogP contribution in [0.3, 0.4) is 0 Å². The van der Waals surface area contributed by atoms with E-state index in [0.29, 0.717) is 23.1 Å². The molecule has 2 amide bonds. The number of aryl methyl sites for hydroxylation is 1. The van der Waals surface area contributed by atoms with Gasteiger partial charge in [-0.3, -0.25) is 24.5 Å². The molecule has 1 unspecified atom stereocenters. The summed E-state index contributed by atoms with van der Waals surface area (Å²) in [6, 6.07) is 14.5. The van der Waals surface area contributed by atoms with Gasteiger partial charge in [-0.25, -0.2) is 0 Å². The fourth-order valence-corrected chi connectivity index (χ4v) is 3.75. The molecule has 10 heteroatoms. The number of esters is 1. The average Bonchev–Trinajstić information content (AvgIpc) is 3.37. The van der Waals surface area contributed by atoms with Crippen LogP contribution in [0.15, 0.2) is 65.4 Å². The number of rotatable bonds is 10. The molecule has 2 aromatic carbocycles. The van der Waals surface area contributed by atoms with E-state index in [4.69, 9.17) is 4.74 Å². The van der Waals surface area contributed by atoms with Gasteiger partial charge in [-0.1, -0.05) is 36.4 Å². The van der Waals surface area contributed by atoms with Crippen LogP contribution < -0.4 is 10.6 Å². The Morgan fingerprint density at radius 1 is 1.12 bits per heavy atom. The zero-order valence-corrected chi connectivity index (χ0v) is 19.2. The smallest absolute Gasteiger partial charge is 0.306 e. The number of carbonyl (C=O) groups is 3. The van der Waals surface area contributed by atoms with Crippen molar-refractivity contribution in [2.24, 2.45) is 0 Å². The Balaban J connectivity index is 1.63. The van der Waals surface area contributed by atoms with Crippen LogP contribution in [0.4, 0.5) is 11.4 Å². The average molecular weight is 482 g/mol. The molecule has 9 nitrogen and oxygen atoms in total. The number of anilines is 1. The van der Waals surface area contributed by atoms with Crippen LogP contribution in [-0.4, -0.2) is 29.3 Å². The first-order valence-corrected chi connectivity index (χ1v) is 11.4. The number of carbonyl (C=O) groups excluding carboxylic acids is 3. The van der Waals surface area contributed by atoms with Gasteiger partial charge in [0.15, 0.2) is 0 Å². The third-order valence-electron chi connectivity index (χ3n) is 4.82. The predicted molar refractivity (Wildman–Crippen MR) is 128 cm³/mol. The quantitative estimate of drug-likeness (QED) is 0.191. The molecule has 0 aliphatic heterocycles. The second-order valence-electron chi connectivity index (χ2n) is 7.42. The zero-order chi connectivity index (χ0) is 24.5. The molecule has 2 N–H and O–H groups in total. The molecule has 0 saturated carbocycles. The SMILES string of the molecule is Cc1ccc(NC(=O)C(OC(=O)CCCNC(=O)c2ccsc2)c2ccccc2)c([N+](=O)[O-])c1. The van der Waals surface area contributed by atoms with E-state index >= 15 is 0 Å². The van der Waals surface area contributed by atoms with Crippen molar-refractivity contribution in [1.29, 1.82) is 0 Å². The van der Waals surface area contributed by atoms with Crippen LogP contribution in [0.2, 0.25) is 0 Å². The van der Waals surface area contributed by atoms with Crippen LogP contribution in [0.5, 0.6) is 0 Å². The summed E-state index contributed by atoms with van der Waals surface area (Å²) in [5, 5.41) is 20.1. The zero-order valence-electron chi connectivity index (χ0n) is 18.4. The Labute approximate surface area is 199 Å². The predicted octanol–water partition coefficient (Wildman–Crippen LogP) is 4.40. The van der Waals surface area contributed by atoms with Crippen molar-refractivity contribution in [2.75, 3.05) is 11.9 Å². The van der Waals surface area contributed by atoms with E-state index in [2.05, 4.69) is 10.6 Å². The lowest BCUT2D eigenvalue weighted by Gasteiger charge is -2.18. The van der Waals surface area contributed by atoms with E-state index in [1.54, 1.807) is 60.1 Å². The summed E-state index contributed by atoms with van der Waals surface area (Å²) in [5.41, 5.74) is 1.40. The molecule has 0 fully saturated rings. The molecule has 34 heavy (non-hydrogen) atoms. The molecule has 0 aliphatic carbocycles. The van der Waals surface area contributed by atoms with Gasteiger partial charge in [0.05, 0.1) is 4.92 Å². The molecule has 1 heterocycles. The largest absolute Gasteiger partial charge is 0.447 e. The first kappa shape index (κ1) is 24.6. The lowest BCUT2D eigenvalue weighted by molar-refractivity contribution is -0.384. The minimum absolute atomic E-state index is 0.00808. The van der Waals surface area contributed by atoms with E-state index < -0.39 is 22.9 Å². The van der Waals surface area contributed by atoms with E-state index in [1.807, 2.05) is 0 Å². The topological polar surface area (TPSA) is 128 Å². The van der Waals surface area contributed by atoms with Crippen molar-refractivity contribution >= 4 is 40.5 Å². The van der Waals surface area contributed by atoms with Crippen LogP contribution in [0.25, 0.3) is 0 Å². The van der Waals surface area contributed by atoms with Gasteiger partial charge in [-0.2, -0.15) is 11.3 Å². The Morgan fingerprint density at radius 3 is 2.56 bits per heavy atom. The molecule has 1 atom stereocenters. The molecule has 0 radical (unpaired) electrons. The van der Waals surface area contributed by atoms with Gasteiger partial charge < -0.3 is 15.4 Å². The summed E-state index contributed by atoms with van der Waals surface area (Å²) in [6.07, 6.45) is -0.998. The van der Waals surface area contributed by atoms with Gasteiger partial charge in [-0.15, -0.1) is 0 Å². The normalized spacial score (nSPS) is 11.3. The highest BCUT2D eigenvalue weighted by Crippen LogP contribution is 2.28. The molecule has 0 aliphatic rings. The Morgan fingerprint density at radius 2 is 1.88 bits per heavy atom. The van der Waals surface area contributed by atoms with Gasteiger partial charge in [0.1, 0.15) is 5.69 Å². The van der Waals surface area contributed by atoms with E-state index in [1.165, 1.54) is 23.5 Å². The van der Waals surface area contributed by atoms with Crippen LogP contribution in [-0.2, 0) is 14.3 Å². The van der Waals surface area contributed by atoms with Crippen molar-refractivity contribution in [3.8, 4) is 0 Å². The lowest BCUT2D eigenvalue weighted by Crippen LogP contribution is -2.27. The second-order valence-corrected chi connectivity index (χ2v) is 8.20. The summed E-state index contributed by atoms with van der Waals surface area (Å²) in [5.74, 6) is -1.57. The monoisotopic (exact) mass is 481 g/mol. The molecule has 3 aromatic rings. The third-order valence-corrected chi connectivity index (χ3v) is 5.51. The summed E-state index contributed by atoms with van der Waals surface area (Å²) in [4.78, 5) is 48.2. The summed E-state index contributed by atoms with van der Waals surface area (Å²) < 4.78 is 5.44. The molecular weight excluding hydrogens is 458 g/mol. The first-order chi connectivity index (χ1) is 16.3. The van der Waals surface area contributed by atoms with E-state index in [9.17, 15) is 24.5 Å². The Bertz CT molecular complexity index is 1160. The highest BCUT2D eigenvalue weighted by atomic mass is 32.1. The summed E-state index contributed by atoms with van der Waals surface area (Å²) in [6.45, 7) is 1.97. The Kier molecular flexibility index (Phi) is 8.47. The lowest BCUT2D eigenvalue weighted by atomic mass is 10.1. The minimum Gasteiger partial charge on any atom is -0.447 e. The van der Waals surface area contributed by atoms with Gasteiger partial charge in [0, 0.05) is 35.5 Å². The second kappa shape index (κ2) is 11.7. The van der Waals surface area contributed by atoms with Crippen LogP contribution in [0.1, 0.15) is 40.4 Å². The molecule has 176 valence electrons. The number of hydrogen-bond donors (Lipinski definition) is 2. The van der Waals surface area contributed by atoms with Crippen molar-refractivity contribution < 1.29 is 24.0 Å². The summed E-state index contributed by atoms with van der Waals surface area (Å²) in [7, 11) is 0. The number of nitro groups is 1. The fourth-order valence-electron chi connectivity index (χ4n) is 3.12. The summed E-state index contributed by atoms with van der Waals surface area (Å²) >= 11 is 1.41. The third kappa shape index (κ3) is 6.72. The van der Waals surface area contributed by atoms with E-state index in [0.717, 1.165) is 0 Å². The number of hydrogen-bond acceptors (Lipinski definition) is 7. The van der Waals surface area contributed by atoms with Crippen molar-refractivity contribution in [3.05, 3.63) is 92.2 Å². The maximum absolute atomic E-state index is 13.0. The van der Waals surface area contributed by atoms with Crippen molar-refractivity contribution in [1.82, 2.24) is 5.32 Å². The van der Waals surface area contributed by atoms with Crippen molar-refractivity contribution in [3.63, 3.8) is 0 Å². The first-order valence-electron chi connectivity index (χ1n) is 10.5. The molecule has 0 spiro atoms. The van der Waals surface area contributed by atoms with Gasteiger partial charge in [0.25, 0.3) is 17.5 Å². The van der Waals surface area contributed by atoms with Crippen molar-refractivity contribution in [2.45, 2.75) is 25.9 Å². The number of nitrogens with one attached hydrogen (secondary N) is 2. The molecule has 1 aromatic heterocycles. The molecule has 0 bridgehead atoms. The standard InChI is InChI=1S/C24H23N3O6S/c1-16-9-10-19(20(14-16)27(31)32)26-24(30)22(17-6-3-2-4-7-17)33-21(28)8-5-12-25-23(29)18-11-13-34-15-18/h2-4,6-7,9-11,13-15,22H,5,8,12H2,1H3,(H,25,29)(H,26,30). The van der Waals surface area contributed by atoms with Gasteiger partial charge >= 0.3 is 5.97 Å². The number of thiophene rings is 1. The molecular formula is C24H23N3O6S. The van der Waals surface area contributed by atoms with E-state index in [-0.39, 0.29) is 30.2 Å². The highest BCUT2D eigenvalue weighted by molar-refractivity contribution is 7.08. The number of benzene rings is 2. The minimum atomic E-state index is -1.30. The maximum Gasteiger partial charge on any atom is 0.306 e. The van der Waals surface area contributed by atoms with Gasteiger partial charge in [-0.05, 0) is 36.4 Å². The number of nitro benzene ring substituents is 1. The molecule has 0 saturated heterocycles. The highest BCUT2D eigenvalue weighted by Gasteiger charge is 2.27. The van der Waals surface area contributed by atoms with Gasteiger partial charge in [0.2, 0.25) is 6.10 Å². The maximum atomic E-state index is 13.0. The van der Waals surface area contributed by atoms with Crippen LogP contribution >= 0.6 is 11.3 Å². The number of amides is 2. The fraction of sp³-hybridized carbons (Fsp3) is 0.208. The number of ether oxygens (including phenoxy) is 1. The van der Waals surface area contributed by atoms with Crippen LogP contribution in [0, 0.1) is 17.0 Å². The Hall–Kier alpha value is -4.05.